The Morgan fingerprint density at radius 3 is 1.56 bits per heavy atom. The second-order valence-corrected chi connectivity index (χ2v) is 5.93. The van der Waals surface area contributed by atoms with Crippen LogP contribution in [-0.4, -0.2) is 16.9 Å². The number of anilines is 4. The molecule has 0 spiro atoms. The van der Waals surface area contributed by atoms with Gasteiger partial charge < -0.3 is 27.2 Å². The zero-order valence-corrected chi connectivity index (χ0v) is 14.3. The number of nitrogens with one attached hydrogen (secondary N) is 2. The van der Waals surface area contributed by atoms with Crippen LogP contribution in [0.2, 0.25) is 0 Å². The maximum Gasteiger partial charge on any atom is 0.255 e. The van der Waals surface area contributed by atoms with Gasteiger partial charge in [-0.2, -0.15) is 0 Å². The van der Waals surface area contributed by atoms with Crippen molar-refractivity contribution in [1.82, 2.24) is 0 Å². The molecular weight excluding hydrogens is 344 g/mol. The summed E-state index contributed by atoms with van der Waals surface area (Å²) in [5.41, 5.74) is 13.7. The molecule has 3 rings (SSSR count). The summed E-state index contributed by atoms with van der Waals surface area (Å²) < 4.78 is 0. The number of hydrogen-bond acceptors (Lipinski definition) is 5. The minimum atomic E-state index is -0.477. The standard InChI is InChI=1S/C20H18N4O3/c21-14-3-1-5-16(10-14)23-19(26)12-7-13(9-18(25)8-12)20(27)24-17-6-2-4-15(22)11-17/h1-11,25H,21-22H2,(H,23,26)(H,24,27). The van der Waals surface area contributed by atoms with E-state index >= 15 is 0 Å². The molecule has 2 amide bonds. The smallest absolute Gasteiger partial charge is 0.255 e. The number of nitrogens with two attached hydrogens (primary N) is 2. The summed E-state index contributed by atoms with van der Waals surface area (Å²) in [7, 11) is 0. The third-order valence-corrected chi connectivity index (χ3v) is 3.73. The van der Waals surface area contributed by atoms with Crippen LogP contribution in [0, 0.1) is 0 Å². The fraction of sp³-hybridized carbons (Fsp3) is 0. The molecule has 0 saturated carbocycles. The molecule has 3 aromatic rings. The second kappa shape index (κ2) is 7.49. The molecule has 27 heavy (non-hydrogen) atoms. The Hall–Kier alpha value is -4.00. The highest BCUT2D eigenvalue weighted by Crippen LogP contribution is 2.20. The Balaban J connectivity index is 1.81. The number of benzene rings is 3. The summed E-state index contributed by atoms with van der Waals surface area (Å²) in [4.78, 5) is 24.9. The summed E-state index contributed by atoms with van der Waals surface area (Å²) in [6, 6.07) is 17.3. The first-order chi connectivity index (χ1) is 12.9. The predicted octanol–water partition coefficient (Wildman–Crippen LogP) is 3.06. The van der Waals surface area contributed by atoms with Gasteiger partial charge in [0.1, 0.15) is 5.75 Å². The minimum absolute atomic E-state index is 0.134. The number of phenols is 1. The highest BCUT2D eigenvalue weighted by Gasteiger charge is 2.14. The monoisotopic (exact) mass is 362 g/mol. The van der Waals surface area contributed by atoms with Crippen molar-refractivity contribution in [1.29, 1.82) is 0 Å². The fourth-order valence-corrected chi connectivity index (χ4v) is 2.51. The van der Waals surface area contributed by atoms with Gasteiger partial charge in [0, 0.05) is 33.9 Å². The van der Waals surface area contributed by atoms with Gasteiger partial charge in [-0.3, -0.25) is 9.59 Å². The van der Waals surface area contributed by atoms with Gasteiger partial charge in [-0.25, -0.2) is 0 Å². The zero-order valence-electron chi connectivity index (χ0n) is 14.3. The summed E-state index contributed by atoms with van der Waals surface area (Å²) in [5.74, 6) is -1.16. The van der Waals surface area contributed by atoms with Gasteiger partial charge in [0.2, 0.25) is 0 Å². The quantitative estimate of drug-likeness (QED) is 0.455. The molecule has 7 nitrogen and oxygen atoms in total. The van der Waals surface area contributed by atoms with E-state index < -0.39 is 11.8 Å². The summed E-state index contributed by atoms with van der Waals surface area (Å²) in [6.45, 7) is 0. The van der Waals surface area contributed by atoms with Crippen LogP contribution in [0.1, 0.15) is 20.7 Å². The van der Waals surface area contributed by atoms with E-state index in [9.17, 15) is 14.7 Å². The van der Waals surface area contributed by atoms with E-state index in [2.05, 4.69) is 10.6 Å². The van der Waals surface area contributed by atoms with Gasteiger partial charge in [-0.1, -0.05) is 12.1 Å². The first kappa shape index (κ1) is 17.8. The molecule has 0 aromatic heterocycles. The Bertz CT molecular complexity index is 940. The van der Waals surface area contributed by atoms with Gasteiger partial charge in [-0.15, -0.1) is 0 Å². The third kappa shape index (κ3) is 4.55. The highest BCUT2D eigenvalue weighted by atomic mass is 16.3. The molecule has 3 aromatic carbocycles. The van der Waals surface area contributed by atoms with Crippen LogP contribution in [0.4, 0.5) is 22.7 Å². The van der Waals surface area contributed by atoms with Gasteiger partial charge >= 0.3 is 0 Å². The predicted molar refractivity (Wildman–Crippen MR) is 106 cm³/mol. The summed E-state index contributed by atoms with van der Waals surface area (Å²) in [5, 5.41) is 15.3. The molecule has 0 bridgehead atoms. The molecule has 7 heteroatoms. The van der Waals surface area contributed by atoms with Crippen LogP contribution in [0.15, 0.2) is 66.7 Å². The first-order valence-electron chi connectivity index (χ1n) is 8.08. The third-order valence-electron chi connectivity index (χ3n) is 3.73. The first-order valence-corrected chi connectivity index (χ1v) is 8.08. The van der Waals surface area contributed by atoms with Crippen molar-refractivity contribution >= 4 is 34.6 Å². The number of hydrogen-bond donors (Lipinski definition) is 5. The molecule has 0 saturated heterocycles. The van der Waals surface area contributed by atoms with Crippen LogP contribution >= 0.6 is 0 Å². The van der Waals surface area contributed by atoms with Crippen LogP contribution in [-0.2, 0) is 0 Å². The van der Waals surface area contributed by atoms with E-state index in [0.29, 0.717) is 22.7 Å². The molecule has 136 valence electrons. The summed E-state index contributed by atoms with van der Waals surface area (Å²) in [6.07, 6.45) is 0. The molecule has 0 atom stereocenters. The topological polar surface area (TPSA) is 130 Å². The molecular formula is C20H18N4O3. The average molecular weight is 362 g/mol. The van der Waals surface area contributed by atoms with Crippen molar-refractivity contribution < 1.29 is 14.7 Å². The normalized spacial score (nSPS) is 10.2. The Kier molecular flexibility index (Phi) is 4.94. The molecule has 0 unspecified atom stereocenters. The Morgan fingerprint density at radius 2 is 1.15 bits per heavy atom. The summed E-state index contributed by atoms with van der Waals surface area (Å²) >= 11 is 0. The van der Waals surface area contributed by atoms with Crippen molar-refractivity contribution in [2.24, 2.45) is 0 Å². The molecule has 0 aliphatic carbocycles. The molecule has 0 aliphatic heterocycles. The van der Waals surface area contributed by atoms with Gasteiger partial charge in [-0.05, 0) is 54.6 Å². The maximum atomic E-state index is 12.4. The van der Waals surface area contributed by atoms with Crippen LogP contribution < -0.4 is 22.1 Å². The highest BCUT2D eigenvalue weighted by molar-refractivity contribution is 6.09. The fourth-order valence-electron chi connectivity index (χ4n) is 2.51. The van der Waals surface area contributed by atoms with E-state index in [1.165, 1.54) is 18.2 Å². The largest absolute Gasteiger partial charge is 0.508 e. The molecule has 0 aliphatic rings. The number of amides is 2. The van der Waals surface area contributed by atoms with E-state index in [4.69, 9.17) is 11.5 Å². The second-order valence-electron chi connectivity index (χ2n) is 5.93. The van der Waals surface area contributed by atoms with Crippen molar-refractivity contribution in [3.05, 3.63) is 77.9 Å². The van der Waals surface area contributed by atoms with Crippen LogP contribution in [0.5, 0.6) is 5.75 Å². The number of phenolic OH excluding ortho intramolecular Hbond substituents is 1. The van der Waals surface area contributed by atoms with Crippen LogP contribution in [0.25, 0.3) is 0 Å². The minimum Gasteiger partial charge on any atom is -0.508 e. The van der Waals surface area contributed by atoms with Crippen molar-refractivity contribution in [2.45, 2.75) is 0 Å². The lowest BCUT2D eigenvalue weighted by atomic mass is 10.1. The van der Waals surface area contributed by atoms with E-state index in [1.807, 2.05) is 0 Å². The van der Waals surface area contributed by atoms with Gasteiger partial charge in [0.05, 0.1) is 0 Å². The number of carbonyl (C=O) groups excluding carboxylic acids is 2. The molecule has 0 radical (unpaired) electrons. The zero-order chi connectivity index (χ0) is 19.4. The van der Waals surface area contributed by atoms with Gasteiger partial charge in [0.25, 0.3) is 11.8 Å². The lowest BCUT2D eigenvalue weighted by molar-refractivity contribution is 0.102. The number of nitrogen functional groups attached to an aromatic ring is 2. The van der Waals surface area contributed by atoms with E-state index in [1.54, 1.807) is 48.5 Å². The van der Waals surface area contributed by atoms with Crippen molar-refractivity contribution in [3.63, 3.8) is 0 Å². The Morgan fingerprint density at radius 1 is 0.704 bits per heavy atom. The number of carbonyl (C=O) groups is 2. The molecule has 7 N–H and O–H groups in total. The SMILES string of the molecule is Nc1cccc(NC(=O)c2cc(O)cc(C(=O)Nc3cccc(N)c3)c2)c1. The maximum absolute atomic E-state index is 12.4. The van der Waals surface area contributed by atoms with E-state index in [0.717, 1.165) is 0 Å². The Labute approximate surface area is 155 Å². The lowest BCUT2D eigenvalue weighted by Gasteiger charge is -2.10. The van der Waals surface area contributed by atoms with Crippen LogP contribution in [0.3, 0.4) is 0 Å². The number of aromatic hydroxyl groups is 1. The van der Waals surface area contributed by atoms with Crippen molar-refractivity contribution in [3.8, 4) is 5.75 Å². The number of rotatable bonds is 4. The van der Waals surface area contributed by atoms with E-state index in [-0.39, 0.29) is 16.9 Å². The lowest BCUT2D eigenvalue weighted by Crippen LogP contribution is -2.15. The van der Waals surface area contributed by atoms with Crippen molar-refractivity contribution in [2.75, 3.05) is 22.1 Å². The molecule has 0 heterocycles. The average Bonchev–Trinajstić information content (AvgIpc) is 2.61. The van der Waals surface area contributed by atoms with Gasteiger partial charge in [0.15, 0.2) is 0 Å². The molecule has 0 fully saturated rings.